The van der Waals surface area contributed by atoms with E-state index in [4.69, 9.17) is 0 Å². The molecule has 3 rings (SSSR count). The molecule has 1 aliphatic rings. The second-order valence-corrected chi connectivity index (χ2v) is 9.17. The van der Waals surface area contributed by atoms with Crippen molar-refractivity contribution in [2.45, 2.75) is 32.1 Å². The third-order valence-electron chi connectivity index (χ3n) is 4.88. The van der Waals surface area contributed by atoms with E-state index in [-0.39, 0.29) is 18.5 Å². The molecule has 1 amide bonds. The van der Waals surface area contributed by atoms with Crippen molar-refractivity contribution in [3.8, 4) is 0 Å². The molecule has 156 valence electrons. The molecular weight excluding hydrogens is 405 g/mol. The molecule has 0 saturated carbocycles. The van der Waals surface area contributed by atoms with Crippen LogP contribution in [0.3, 0.4) is 0 Å². The maximum absolute atomic E-state index is 12.7. The molecule has 9 heteroatoms. The number of amides is 1. The number of sulfonamides is 1. The topological polar surface area (TPSA) is 57.7 Å². The van der Waals surface area contributed by atoms with Crippen LogP contribution in [-0.4, -0.2) is 38.6 Å². The van der Waals surface area contributed by atoms with E-state index in [0.717, 1.165) is 24.0 Å². The van der Waals surface area contributed by atoms with Gasteiger partial charge in [0.25, 0.3) is 5.91 Å². The first-order valence-electron chi connectivity index (χ1n) is 8.92. The first-order valence-corrected chi connectivity index (χ1v) is 10.8. The number of fused-ring (bicyclic) bond motifs is 1. The molecule has 0 bridgehead atoms. The van der Waals surface area contributed by atoms with Crippen LogP contribution in [0, 0.1) is 0 Å². The van der Waals surface area contributed by atoms with Gasteiger partial charge in [-0.05, 0) is 54.8 Å². The highest BCUT2D eigenvalue weighted by atomic mass is 32.2. The van der Waals surface area contributed by atoms with Crippen LogP contribution in [0.2, 0.25) is 0 Å². The third-order valence-corrected chi connectivity index (χ3v) is 6.16. The van der Waals surface area contributed by atoms with E-state index in [1.54, 1.807) is 32.2 Å². The Kier molecular flexibility index (Phi) is 5.38. The lowest BCUT2D eigenvalue weighted by atomic mass is 10.1. The second-order valence-electron chi connectivity index (χ2n) is 7.31. The van der Waals surface area contributed by atoms with Gasteiger partial charge < -0.3 is 4.90 Å². The van der Waals surface area contributed by atoms with E-state index in [9.17, 15) is 26.4 Å². The highest BCUT2D eigenvalue weighted by molar-refractivity contribution is 7.92. The number of hydrogen-bond donors (Lipinski definition) is 0. The SMILES string of the molecule is CC1Cc2cc(C(=O)N(C)Cc3ccc(C(F)(F)F)cc3)ccc2N1S(C)(=O)=O. The van der Waals surface area contributed by atoms with Crippen molar-refractivity contribution in [2.75, 3.05) is 17.6 Å². The molecule has 0 N–H and O–H groups in total. The molecule has 29 heavy (non-hydrogen) atoms. The fraction of sp³-hybridized carbons (Fsp3) is 0.350. The van der Waals surface area contributed by atoms with Crippen molar-refractivity contribution in [1.29, 1.82) is 0 Å². The van der Waals surface area contributed by atoms with E-state index >= 15 is 0 Å². The maximum Gasteiger partial charge on any atom is 0.416 e. The standard InChI is InChI=1S/C20H21F3N2O3S/c1-13-10-16-11-15(6-9-18(16)25(13)29(3,27)28)19(26)24(2)12-14-4-7-17(8-5-14)20(21,22)23/h4-9,11,13H,10,12H2,1-3H3. The molecule has 1 aliphatic heterocycles. The van der Waals surface area contributed by atoms with Crippen molar-refractivity contribution >= 4 is 21.6 Å². The van der Waals surface area contributed by atoms with Gasteiger partial charge in [0.1, 0.15) is 0 Å². The highest BCUT2D eigenvalue weighted by Crippen LogP contribution is 2.35. The molecule has 1 heterocycles. The summed E-state index contributed by atoms with van der Waals surface area (Å²) in [5, 5.41) is 0. The largest absolute Gasteiger partial charge is 0.416 e. The lowest BCUT2D eigenvalue weighted by Crippen LogP contribution is -2.34. The van der Waals surface area contributed by atoms with Crippen LogP contribution in [-0.2, 0) is 29.2 Å². The van der Waals surface area contributed by atoms with Gasteiger partial charge in [-0.25, -0.2) is 8.42 Å². The van der Waals surface area contributed by atoms with E-state index in [1.807, 2.05) is 0 Å². The van der Waals surface area contributed by atoms with Crippen molar-refractivity contribution in [3.05, 3.63) is 64.7 Å². The minimum atomic E-state index is -4.40. The van der Waals surface area contributed by atoms with Crippen LogP contribution in [0.25, 0.3) is 0 Å². The minimum absolute atomic E-state index is 0.153. The molecule has 0 fully saturated rings. The van der Waals surface area contributed by atoms with Crippen LogP contribution in [0.5, 0.6) is 0 Å². The zero-order valence-electron chi connectivity index (χ0n) is 16.2. The molecule has 0 saturated heterocycles. The summed E-state index contributed by atoms with van der Waals surface area (Å²) in [7, 11) is -1.84. The van der Waals surface area contributed by atoms with E-state index < -0.39 is 21.8 Å². The summed E-state index contributed by atoms with van der Waals surface area (Å²) in [6, 6.07) is 9.33. The van der Waals surface area contributed by atoms with Gasteiger partial charge in [-0.2, -0.15) is 13.2 Å². The second kappa shape index (κ2) is 7.37. The van der Waals surface area contributed by atoms with Crippen LogP contribution in [0.1, 0.15) is 34.0 Å². The van der Waals surface area contributed by atoms with E-state index in [0.29, 0.717) is 23.2 Å². The van der Waals surface area contributed by atoms with Gasteiger partial charge in [0.2, 0.25) is 10.0 Å². The number of anilines is 1. The maximum atomic E-state index is 12.7. The quantitative estimate of drug-likeness (QED) is 0.749. The van der Waals surface area contributed by atoms with Gasteiger partial charge in [-0.3, -0.25) is 9.10 Å². The molecule has 1 atom stereocenters. The molecule has 5 nitrogen and oxygen atoms in total. The number of carbonyl (C=O) groups excluding carboxylic acids is 1. The minimum Gasteiger partial charge on any atom is -0.337 e. The number of benzene rings is 2. The lowest BCUT2D eigenvalue weighted by molar-refractivity contribution is -0.137. The van der Waals surface area contributed by atoms with Gasteiger partial charge in [0.05, 0.1) is 17.5 Å². The van der Waals surface area contributed by atoms with Crippen LogP contribution in [0.15, 0.2) is 42.5 Å². The summed E-state index contributed by atoms with van der Waals surface area (Å²) in [5.74, 6) is -0.293. The Balaban J connectivity index is 1.77. The number of hydrogen-bond acceptors (Lipinski definition) is 3. The van der Waals surface area contributed by atoms with Crippen molar-refractivity contribution in [3.63, 3.8) is 0 Å². The predicted molar refractivity (Wildman–Crippen MR) is 104 cm³/mol. The number of nitrogens with zero attached hydrogens (tertiary/aromatic N) is 2. The molecule has 0 radical (unpaired) electrons. The number of rotatable bonds is 4. The average molecular weight is 426 g/mol. The monoisotopic (exact) mass is 426 g/mol. The third kappa shape index (κ3) is 4.39. The Morgan fingerprint density at radius 3 is 2.34 bits per heavy atom. The molecule has 0 spiro atoms. The van der Waals surface area contributed by atoms with Crippen LogP contribution < -0.4 is 4.31 Å². The van der Waals surface area contributed by atoms with Gasteiger partial charge >= 0.3 is 6.18 Å². The van der Waals surface area contributed by atoms with Gasteiger partial charge in [-0.15, -0.1) is 0 Å². The molecule has 1 unspecified atom stereocenters. The molecule has 0 aromatic heterocycles. The Labute approximate surface area is 167 Å². The number of carbonyl (C=O) groups is 1. The first kappa shape index (κ1) is 21.2. The van der Waals surface area contributed by atoms with Crippen molar-refractivity contribution in [1.82, 2.24) is 4.90 Å². The molecular formula is C20H21F3N2O3S. The molecule has 0 aliphatic carbocycles. The molecule has 2 aromatic rings. The fourth-order valence-corrected chi connectivity index (χ4v) is 4.87. The molecule has 2 aromatic carbocycles. The average Bonchev–Trinajstić information content (AvgIpc) is 2.95. The summed E-state index contributed by atoms with van der Waals surface area (Å²) >= 11 is 0. The summed E-state index contributed by atoms with van der Waals surface area (Å²) < 4.78 is 63.3. The zero-order valence-corrected chi connectivity index (χ0v) is 17.0. The highest BCUT2D eigenvalue weighted by Gasteiger charge is 2.33. The predicted octanol–water partition coefficient (Wildman–Crippen LogP) is 3.69. The van der Waals surface area contributed by atoms with Crippen LogP contribution >= 0.6 is 0 Å². The summed E-state index contributed by atoms with van der Waals surface area (Å²) in [5.41, 5.74) is 1.59. The Morgan fingerprint density at radius 1 is 1.17 bits per heavy atom. The Bertz CT molecular complexity index is 1030. The normalized spacial score (nSPS) is 16.6. The van der Waals surface area contributed by atoms with Crippen molar-refractivity contribution in [2.24, 2.45) is 0 Å². The number of halogens is 3. The summed E-state index contributed by atoms with van der Waals surface area (Å²) in [4.78, 5) is 14.2. The summed E-state index contributed by atoms with van der Waals surface area (Å²) in [6.07, 6.45) is -2.75. The Morgan fingerprint density at radius 2 is 1.79 bits per heavy atom. The van der Waals surface area contributed by atoms with Gasteiger partial charge in [0, 0.05) is 25.2 Å². The zero-order chi connectivity index (χ0) is 21.6. The number of alkyl halides is 3. The first-order chi connectivity index (χ1) is 13.4. The fourth-order valence-electron chi connectivity index (χ4n) is 3.61. The Hall–Kier alpha value is -2.55. The van der Waals surface area contributed by atoms with Crippen LogP contribution in [0.4, 0.5) is 18.9 Å². The smallest absolute Gasteiger partial charge is 0.337 e. The van der Waals surface area contributed by atoms with E-state index in [2.05, 4.69) is 0 Å². The van der Waals surface area contributed by atoms with Gasteiger partial charge in [0.15, 0.2) is 0 Å². The van der Waals surface area contributed by atoms with E-state index in [1.165, 1.54) is 21.3 Å². The van der Waals surface area contributed by atoms with Crippen molar-refractivity contribution < 1.29 is 26.4 Å². The van der Waals surface area contributed by atoms with Gasteiger partial charge in [-0.1, -0.05) is 12.1 Å². The lowest BCUT2D eigenvalue weighted by Gasteiger charge is -2.22. The summed E-state index contributed by atoms with van der Waals surface area (Å²) in [6.45, 7) is 1.96.